The molecule has 0 heteroatoms. The third-order valence-corrected chi connectivity index (χ3v) is 1.54. The first kappa shape index (κ1) is 15.2. The monoisotopic (exact) mass is 190 g/mol. The van der Waals surface area contributed by atoms with Crippen LogP contribution in [0.15, 0.2) is 50.1 Å². The van der Waals surface area contributed by atoms with E-state index in [1.807, 2.05) is 36.4 Å². The molecule has 0 fully saturated rings. The summed E-state index contributed by atoms with van der Waals surface area (Å²) in [5, 5.41) is 0. The van der Waals surface area contributed by atoms with Gasteiger partial charge in [-0.3, -0.25) is 0 Å². The summed E-state index contributed by atoms with van der Waals surface area (Å²) in [4.78, 5) is 0. The van der Waals surface area contributed by atoms with Gasteiger partial charge in [-0.05, 0) is 5.56 Å². The van der Waals surface area contributed by atoms with Crippen LogP contribution in [-0.2, 0) is 0 Å². The average Bonchev–Trinajstić information content (AvgIpc) is 2.33. The summed E-state index contributed by atoms with van der Waals surface area (Å²) >= 11 is 0. The molecule has 0 bridgehead atoms. The molecule has 0 amide bonds. The minimum atomic E-state index is 1.17. The lowest BCUT2D eigenvalue weighted by molar-refractivity contribution is 0.886. The molecule has 0 aliphatic carbocycles. The smallest absolute Gasteiger partial charge is 0.0263 e. The maximum atomic E-state index is 3.63. The van der Waals surface area contributed by atoms with Gasteiger partial charge in [-0.2, -0.15) is 0 Å². The second kappa shape index (κ2) is 14.2. The quantitative estimate of drug-likeness (QED) is 0.579. The van der Waals surface area contributed by atoms with Crippen LogP contribution in [0.4, 0.5) is 0 Å². The molecule has 0 saturated carbocycles. The lowest BCUT2D eigenvalue weighted by atomic mass is 10.2. The predicted molar refractivity (Wildman–Crippen MR) is 68.4 cm³/mol. The van der Waals surface area contributed by atoms with Crippen LogP contribution in [0.1, 0.15) is 32.3 Å². The maximum Gasteiger partial charge on any atom is -0.0263 e. The minimum absolute atomic E-state index is 1.17. The Hall–Kier alpha value is -1.30. The lowest BCUT2D eigenvalue weighted by Crippen LogP contribution is -1.63. The molecule has 1 aromatic rings. The fraction of sp³-hybridized carbons (Fsp3) is 0.286. The van der Waals surface area contributed by atoms with Gasteiger partial charge in [0.1, 0.15) is 0 Å². The highest BCUT2D eigenvalue weighted by Crippen LogP contribution is 1.97. The third-order valence-electron chi connectivity index (χ3n) is 1.54. The molecule has 0 radical (unpaired) electrons. The van der Waals surface area contributed by atoms with E-state index in [1.54, 1.807) is 0 Å². The van der Waals surface area contributed by atoms with Crippen molar-refractivity contribution in [2.45, 2.75) is 26.7 Å². The van der Waals surface area contributed by atoms with E-state index in [-0.39, 0.29) is 0 Å². The van der Waals surface area contributed by atoms with Crippen LogP contribution in [0.5, 0.6) is 0 Å². The third kappa shape index (κ3) is 10.7. The zero-order chi connectivity index (χ0) is 11.2. The maximum absolute atomic E-state index is 3.63. The summed E-state index contributed by atoms with van der Waals surface area (Å²) in [6.45, 7) is 14.0. The predicted octanol–water partition coefficient (Wildman–Crippen LogP) is 4.94. The largest absolute Gasteiger partial charge is 0.106 e. The van der Waals surface area contributed by atoms with Crippen LogP contribution < -0.4 is 0 Å². The highest BCUT2D eigenvalue weighted by Gasteiger charge is 1.75. The standard InChI is InChI=1S/C8H8.C4H10.C2H4/c1-2-8-6-4-3-5-7-8;1-3-4-2;1-2/h2-7H,1H2;3-4H2,1-2H3;1-2H2. The number of unbranched alkanes of at least 4 members (excludes halogenated alkanes) is 1. The molecule has 0 atom stereocenters. The molecule has 0 saturated heterocycles. The summed E-state index contributed by atoms with van der Waals surface area (Å²) in [5.41, 5.74) is 1.17. The average molecular weight is 190 g/mol. The number of hydrogen-bond acceptors (Lipinski definition) is 0. The van der Waals surface area contributed by atoms with Crippen LogP contribution in [0, 0.1) is 0 Å². The molecule has 1 aromatic carbocycles. The van der Waals surface area contributed by atoms with E-state index in [0.717, 1.165) is 0 Å². The van der Waals surface area contributed by atoms with Crippen molar-refractivity contribution in [3.05, 3.63) is 55.6 Å². The van der Waals surface area contributed by atoms with Crippen LogP contribution in [0.25, 0.3) is 6.08 Å². The molecule has 0 nitrogen and oxygen atoms in total. The van der Waals surface area contributed by atoms with Crippen molar-refractivity contribution in [1.82, 2.24) is 0 Å². The molecule has 0 heterocycles. The molecule has 14 heavy (non-hydrogen) atoms. The molecule has 0 aliphatic heterocycles. The van der Waals surface area contributed by atoms with Gasteiger partial charge in [0.2, 0.25) is 0 Å². The van der Waals surface area contributed by atoms with Crippen LogP contribution in [-0.4, -0.2) is 0 Å². The van der Waals surface area contributed by atoms with Crippen molar-refractivity contribution in [2.75, 3.05) is 0 Å². The van der Waals surface area contributed by atoms with E-state index < -0.39 is 0 Å². The molecule has 0 N–H and O–H groups in total. The second-order valence-corrected chi connectivity index (χ2v) is 2.61. The van der Waals surface area contributed by atoms with E-state index in [0.29, 0.717) is 0 Å². The van der Waals surface area contributed by atoms with E-state index in [1.165, 1.54) is 18.4 Å². The number of benzene rings is 1. The fourth-order valence-corrected chi connectivity index (χ4v) is 0.589. The van der Waals surface area contributed by atoms with Crippen LogP contribution in [0.3, 0.4) is 0 Å². The number of rotatable bonds is 2. The Balaban J connectivity index is 0. The molecular formula is C14H22. The lowest BCUT2D eigenvalue weighted by Gasteiger charge is -1.85. The van der Waals surface area contributed by atoms with E-state index in [2.05, 4.69) is 33.6 Å². The number of hydrogen-bond donors (Lipinski definition) is 0. The van der Waals surface area contributed by atoms with E-state index >= 15 is 0 Å². The van der Waals surface area contributed by atoms with Gasteiger partial charge in [0, 0.05) is 0 Å². The van der Waals surface area contributed by atoms with Crippen LogP contribution in [0.2, 0.25) is 0 Å². The molecule has 78 valence electrons. The van der Waals surface area contributed by atoms with Gasteiger partial charge < -0.3 is 0 Å². The van der Waals surface area contributed by atoms with Gasteiger partial charge in [0.25, 0.3) is 0 Å². The summed E-state index contributed by atoms with van der Waals surface area (Å²) in [7, 11) is 0. The highest BCUT2D eigenvalue weighted by molar-refractivity contribution is 5.45. The second-order valence-electron chi connectivity index (χ2n) is 2.61. The van der Waals surface area contributed by atoms with Crippen LogP contribution >= 0.6 is 0 Å². The summed E-state index contributed by atoms with van der Waals surface area (Å²) in [6, 6.07) is 10.0. The highest BCUT2D eigenvalue weighted by atomic mass is 13.8. The topological polar surface area (TPSA) is 0 Å². The van der Waals surface area contributed by atoms with Gasteiger partial charge in [-0.1, -0.05) is 69.7 Å². The molecule has 1 rings (SSSR count). The fourth-order valence-electron chi connectivity index (χ4n) is 0.589. The normalized spacial score (nSPS) is 7.29. The zero-order valence-electron chi connectivity index (χ0n) is 9.50. The Bertz CT molecular complexity index is 197. The van der Waals surface area contributed by atoms with E-state index in [4.69, 9.17) is 0 Å². The Morgan fingerprint density at radius 3 is 1.64 bits per heavy atom. The molecule has 0 unspecified atom stereocenters. The Kier molecular flexibility index (Phi) is 15.4. The van der Waals surface area contributed by atoms with Crippen molar-refractivity contribution in [3.8, 4) is 0 Å². The first-order chi connectivity index (χ1) is 6.85. The molecule has 0 aliphatic rings. The first-order valence-electron chi connectivity index (χ1n) is 5.02. The summed E-state index contributed by atoms with van der Waals surface area (Å²) in [6.07, 6.45) is 4.47. The van der Waals surface area contributed by atoms with Crippen molar-refractivity contribution in [3.63, 3.8) is 0 Å². The Morgan fingerprint density at radius 1 is 1.00 bits per heavy atom. The summed E-state index contributed by atoms with van der Waals surface area (Å²) in [5.74, 6) is 0. The first-order valence-corrected chi connectivity index (χ1v) is 5.02. The minimum Gasteiger partial charge on any atom is -0.106 e. The summed E-state index contributed by atoms with van der Waals surface area (Å²) < 4.78 is 0. The van der Waals surface area contributed by atoms with Gasteiger partial charge in [0.05, 0.1) is 0 Å². The van der Waals surface area contributed by atoms with Crippen molar-refractivity contribution in [1.29, 1.82) is 0 Å². The van der Waals surface area contributed by atoms with E-state index in [9.17, 15) is 0 Å². The van der Waals surface area contributed by atoms with Gasteiger partial charge in [-0.25, -0.2) is 0 Å². The van der Waals surface area contributed by atoms with Crippen molar-refractivity contribution >= 4 is 6.08 Å². The molecular weight excluding hydrogens is 168 g/mol. The Morgan fingerprint density at radius 2 is 1.43 bits per heavy atom. The SMILES string of the molecule is C=C.C=Cc1ccccc1.CCCC. The molecule has 0 spiro atoms. The molecule has 0 aromatic heterocycles. The van der Waals surface area contributed by atoms with Gasteiger partial charge >= 0.3 is 0 Å². The van der Waals surface area contributed by atoms with Crippen molar-refractivity contribution in [2.24, 2.45) is 0 Å². The van der Waals surface area contributed by atoms with Crippen molar-refractivity contribution < 1.29 is 0 Å². The zero-order valence-corrected chi connectivity index (χ0v) is 9.50. The van der Waals surface area contributed by atoms with Gasteiger partial charge in [-0.15, -0.1) is 13.2 Å². The van der Waals surface area contributed by atoms with Gasteiger partial charge in [0.15, 0.2) is 0 Å². The Labute approximate surface area is 89.0 Å².